The number of hydrogen-bond donors (Lipinski definition) is 1. The molecule has 24 heavy (non-hydrogen) atoms. The summed E-state index contributed by atoms with van der Waals surface area (Å²) >= 11 is 0. The third-order valence-electron chi connectivity index (χ3n) is 5.16. The number of likely N-dealkylation sites (tertiary alicyclic amines) is 1. The van der Waals surface area contributed by atoms with Crippen molar-refractivity contribution in [2.75, 3.05) is 52.5 Å². The molecule has 2 saturated heterocycles. The van der Waals surface area contributed by atoms with Crippen molar-refractivity contribution in [3.8, 4) is 11.5 Å². The molecular formula is C18H28ClN3O2. The lowest BCUT2D eigenvalue weighted by atomic mass is 10.1. The molecule has 0 radical (unpaired) electrons. The maximum atomic E-state index is 5.96. The van der Waals surface area contributed by atoms with E-state index in [0.29, 0.717) is 0 Å². The van der Waals surface area contributed by atoms with Gasteiger partial charge in [0, 0.05) is 63.8 Å². The van der Waals surface area contributed by atoms with Gasteiger partial charge >= 0.3 is 0 Å². The molecule has 1 atom stereocenters. The van der Waals surface area contributed by atoms with Crippen LogP contribution in [-0.2, 0) is 6.54 Å². The minimum atomic E-state index is 0. The van der Waals surface area contributed by atoms with E-state index in [1.165, 1.54) is 38.2 Å². The van der Waals surface area contributed by atoms with Crippen LogP contribution in [0.1, 0.15) is 18.4 Å². The van der Waals surface area contributed by atoms with Crippen molar-refractivity contribution in [2.24, 2.45) is 0 Å². The zero-order valence-electron chi connectivity index (χ0n) is 14.2. The Bertz CT molecular complexity index is 537. The van der Waals surface area contributed by atoms with Crippen LogP contribution in [0.5, 0.6) is 11.5 Å². The summed E-state index contributed by atoms with van der Waals surface area (Å²) in [5.74, 6) is 1.88. The lowest BCUT2D eigenvalue weighted by Crippen LogP contribution is -2.49. The Kier molecular flexibility index (Phi) is 6.22. The van der Waals surface area contributed by atoms with Crippen LogP contribution in [0.15, 0.2) is 18.2 Å². The first-order valence-corrected chi connectivity index (χ1v) is 8.95. The fraction of sp³-hybridized carbons (Fsp3) is 0.667. The molecule has 0 amide bonds. The second-order valence-electron chi connectivity index (χ2n) is 6.76. The smallest absolute Gasteiger partial charge is 0.165 e. The molecule has 4 rings (SSSR count). The number of halogens is 1. The molecule has 3 aliphatic heterocycles. The van der Waals surface area contributed by atoms with Crippen molar-refractivity contribution in [3.05, 3.63) is 23.8 Å². The molecule has 0 saturated carbocycles. The summed E-state index contributed by atoms with van der Waals surface area (Å²) in [6, 6.07) is 7.02. The highest BCUT2D eigenvalue weighted by Gasteiger charge is 2.29. The Morgan fingerprint density at radius 1 is 1.08 bits per heavy atom. The van der Waals surface area contributed by atoms with Crippen molar-refractivity contribution in [3.63, 3.8) is 0 Å². The molecule has 0 aliphatic carbocycles. The Hall–Kier alpha value is -1.01. The normalized spacial score (nSPS) is 25.1. The molecule has 3 heterocycles. The van der Waals surface area contributed by atoms with E-state index in [1.54, 1.807) is 0 Å². The van der Waals surface area contributed by atoms with Crippen LogP contribution in [0.2, 0.25) is 0 Å². The number of hydrogen-bond acceptors (Lipinski definition) is 5. The highest BCUT2D eigenvalue weighted by atomic mass is 35.5. The molecule has 3 aliphatic rings. The second kappa shape index (κ2) is 8.39. The van der Waals surface area contributed by atoms with Crippen LogP contribution in [0.4, 0.5) is 0 Å². The van der Waals surface area contributed by atoms with Gasteiger partial charge in [-0.15, -0.1) is 12.4 Å². The highest BCUT2D eigenvalue weighted by molar-refractivity contribution is 5.85. The molecular weight excluding hydrogens is 326 g/mol. The first-order chi connectivity index (χ1) is 11.4. The molecule has 1 N–H and O–H groups in total. The summed E-state index contributed by atoms with van der Waals surface area (Å²) in [4.78, 5) is 5.22. The van der Waals surface area contributed by atoms with Crippen LogP contribution < -0.4 is 14.8 Å². The van der Waals surface area contributed by atoms with Crippen LogP contribution in [0, 0.1) is 0 Å². The minimum absolute atomic E-state index is 0. The number of nitrogens with one attached hydrogen (secondary N) is 1. The molecule has 0 bridgehead atoms. The van der Waals surface area contributed by atoms with E-state index in [1.807, 2.05) is 6.07 Å². The van der Waals surface area contributed by atoms with Crippen LogP contribution >= 0.6 is 12.4 Å². The topological polar surface area (TPSA) is 37.0 Å². The highest BCUT2D eigenvalue weighted by Crippen LogP contribution is 2.34. The average molecular weight is 354 g/mol. The molecule has 134 valence electrons. The summed E-state index contributed by atoms with van der Waals surface area (Å²) in [7, 11) is 0. The average Bonchev–Trinajstić information content (AvgIpc) is 2.92. The van der Waals surface area contributed by atoms with Gasteiger partial charge in [0.15, 0.2) is 11.5 Å². The Morgan fingerprint density at radius 3 is 2.79 bits per heavy atom. The Balaban J connectivity index is 0.00000169. The molecule has 5 nitrogen and oxygen atoms in total. The maximum Gasteiger partial charge on any atom is 0.165 e. The number of rotatable bonds is 3. The zero-order chi connectivity index (χ0) is 15.5. The monoisotopic (exact) mass is 353 g/mol. The van der Waals surface area contributed by atoms with Crippen molar-refractivity contribution in [2.45, 2.75) is 25.4 Å². The summed E-state index contributed by atoms with van der Waals surface area (Å²) < 4.78 is 11.8. The number of para-hydroxylation sites is 1. The number of piperazine rings is 1. The number of benzene rings is 1. The van der Waals surface area contributed by atoms with Gasteiger partial charge in [-0.2, -0.15) is 0 Å². The predicted octanol–water partition coefficient (Wildman–Crippen LogP) is 1.75. The Labute approximate surface area is 150 Å². The van der Waals surface area contributed by atoms with Gasteiger partial charge in [0.2, 0.25) is 0 Å². The molecule has 0 aromatic heterocycles. The summed E-state index contributed by atoms with van der Waals surface area (Å²) in [5.41, 5.74) is 1.27. The summed E-state index contributed by atoms with van der Waals surface area (Å²) in [6.07, 6.45) is 2.25. The van der Waals surface area contributed by atoms with E-state index in [2.05, 4.69) is 27.2 Å². The molecule has 1 unspecified atom stereocenters. The fourth-order valence-corrected chi connectivity index (χ4v) is 3.92. The number of fused-ring (bicyclic) bond motifs is 1. The number of nitrogens with zero attached hydrogens (tertiary/aromatic N) is 2. The van der Waals surface area contributed by atoms with Gasteiger partial charge in [-0.25, -0.2) is 0 Å². The molecule has 6 heteroatoms. The van der Waals surface area contributed by atoms with E-state index in [9.17, 15) is 0 Å². The lowest BCUT2D eigenvalue weighted by Gasteiger charge is -2.32. The van der Waals surface area contributed by atoms with E-state index in [0.717, 1.165) is 56.8 Å². The quantitative estimate of drug-likeness (QED) is 0.896. The fourth-order valence-electron chi connectivity index (χ4n) is 3.92. The standard InChI is InChI=1S/C18H27N3O2.ClH/c1-3-15(18-17(4-1)22-11-2-12-23-18)13-20-8-5-16(14-20)21-9-6-19-7-10-21;/h1,3-4,16,19H,2,5-14H2;1H. The van der Waals surface area contributed by atoms with Gasteiger partial charge < -0.3 is 14.8 Å². The third-order valence-corrected chi connectivity index (χ3v) is 5.16. The Morgan fingerprint density at radius 2 is 1.92 bits per heavy atom. The SMILES string of the molecule is Cl.c1cc(CN2CCC(N3CCNCC3)C2)c2c(c1)OCCCO2. The van der Waals surface area contributed by atoms with Gasteiger partial charge in [-0.1, -0.05) is 12.1 Å². The molecule has 1 aromatic carbocycles. The number of ether oxygens (including phenoxy) is 2. The lowest BCUT2D eigenvalue weighted by molar-refractivity contribution is 0.170. The van der Waals surface area contributed by atoms with Gasteiger partial charge in [0.25, 0.3) is 0 Å². The van der Waals surface area contributed by atoms with Crippen molar-refractivity contribution in [1.29, 1.82) is 0 Å². The second-order valence-corrected chi connectivity index (χ2v) is 6.76. The van der Waals surface area contributed by atoms with Gasteiger partial charge in [-0.05, 0) is 12.5 Å². The van der Waals surface area contributed by atoms with Gasteiger partial charge in [-0.3, -0.25) is 9.80 Å². The summed E-state index contributed by atoms with van der Waals surface area (Å²) in [6.45, 7) is 9.48. The van der Waals surface area contributed by atoms with E-state index in [4.69, 9.17) is 9.47 Å². The largest absolute Gasteiger partial charge is 0.490 e. The van der Waals surface area contributed by atoms with E-state index >= 15 is 0 Å². The van der Waals surface area contributed by atoms with Crippen LogP contribution in [0.3, 0.4) is 0 Å². The predicted molar refractivity (Wildman–Crippen MR) is 97.4 cm³/mol. The maximum absolute atomic E-state index is 5.96. The zero-order valence-corrected chi connectivity index (χ0v) is 15.0. The van der Waals surface area contributed by atoms with Crippen LogP contribution in [-0.4, -0.2) is 68.3 Å². The van der Waals surface area contributed by atoms with Gasteiger partial charge in [0.05, 0.1) is 13.2 Å². The van der Waals surface area contributed by atoms with Gasteiger partial charge in [0.1, 0.15) is 0 Å². The van der Waals surface area contributed by atoms with Crippen molar-refractivity contribution >= 4 is 12.4 Å². The van der Waals surface area contributed by atoms with Crippen molar-refractivity contribution < 1.29 is 9.47 Å². The molecule has 1 aromatic rings. The first-order valence-electron chi connectivity index (χ1n) is 8.95. The molecule has 2 fully saturated rings. The molecule has 0 spiro atoms. The summed E-state index contributed by atoms with van der Waals surface area (Å²) in [5, 5.41) is 3.44. The van der Waals surface area contributed by atoms with E-state index < -0.39 is 0 Å². The minimum Gasteiger partial charge on any atom is -0.490 e. The van der Waals surface area contributed by atoms with Crippen LogP contribution in [0.25, 0.3) is 0 Å². The van der Waals surface area contributed by atoms with Crippen molar-refractivity contribution in [1.82, 2.24) is 15.1 Å². The third kappa shape index (κ3) is 3.97. The first kappa shape index (κ1) is 17.8. The van der Waals surface area contributed by atoms with E-state index in [-0.39, 0.29) is 12.4 Å².